The van der Waals surface area contributed by atoms with Crippen LogP contribution in [0.5, 0.6) is 5.75 Å². The second-order valence-electron chi connectivity index (χ2n) is 6.81. The molecule has 2 aromatic rings. The molecule has 0 radical (unpaired) electrons. The molecule has 1 fully saturated rings. The van der Waals surface area contributed by atoms with Gasteiger partial charge in [-0.05, 0) is 56.9 Å². The second-order valence-corrected chi connectivity index (χ2v) is 6.81. The van der Waals surface area contributed by atoms with E-state index in [4.69, 9.17) is 0 Å². The minimum atomic E-state index is -0.132. The third-order valence-corrected chi connectivity index (χ3v) is 4.97. The number of carbonyl (C=O) groups is 2. The second kappa shape index (κ2) is 7.64. The maximum Gasteiger partial charge on any atom is 0.172 e. The van der Waals surface area contributed by atoms with Crippen molar-refractivity contribution >= 4 is 17.8 Å². The summed E-state index contributed by atoms with van der Waals surface area (Å²) >= 11 is 0. The summed E-state index contributed by atoms with van der Waals surface area (Å²) in [6.07, 6.45) is 3.29. The number of nitrogens with zero attached hydrogens (tertiary/aromatic N) is 3. The Kier molecular flexibility index (Phi) is 5.30. The van der Waals surface area contributed by atoms with Gasteiger partial charge in [-0.15, -0.1) is 0 Å². The Morgan fingerprint density at radius 1 is 1.23 bits per heavy atom. The summed E-state index contributed by atoms with van der Waals surface area (Å²) in [4.78, 5) is 33.2. The van der Waals surface area contributed by atoms with E-state index in [0.29, 0.717) is 30.1 Å². The zero-order chi connectivity index (χ0) is 18.7. The standard InChI is InChI=1S/C20H23N3O3/c1-13-20(26)18(12-24)22-19(21-13)11-15-7-9-23(10-8-15)17-5-3-16(4-6-17)14(2)25/h3-6,12,15,26H,7-11H2,1-2H3. The molecule has 1 aromatic carbocycles. The lowest BCUT2D eigenvalue weighted by Crippen LogP contribution is -2.34. The molecule has 136 valence electrons. The van der Waals surface area contributed by atoms with Gasteiger partial charge in [0.05, 0.1) is 5.69 Å². The van der Waals surface area contributed by atoms with Crippen molar-refractivity contribution in [2.45, 2.75) is 33.1 Å². The van der Waals surface area contributed by atoms with E-state index in [2.05, 4.69) is 14.9 Å². The molecular weight excluding hydrogens is 330 g/mol. The van der Waals surface area contributed by atoms with Crippen LogP contribution in [0.25, 0.3) is 0 Å². The van der Waals surface area contributed by atoms with Crippen LogP contribution in [0.2, 0.25) is 0 Å². The third kappa shape index (κ3) is 3.90. The number of benzene rings is 1. The van der Waals surface area contributed by atoms with Crippen molar-refractivity contribution in [3.05, 3.63) is 47.0 Å². The van der Waals surface area contributed by atoms with E-state index < -0.39 is 0 Å². The van der Waals surface area contributed by atoms with Gasteiger partial charge < -0.3 is 10.0 Å². The first-order valence-electron chi connectivity index (χ1n) is 8.85. The SMILES string of the molecule is CC(=O)c1ccc(N2CCC(Cc3nc(C)c(O)c(C=O)n3)CC2)cc1. The Morgan fingerprint density at radius 2 is 1.88 bits per heavy atom. The van der Waals surface area contributed by atoms with Gasteiger partial charge in [-0.2, -0.15) is 0 Å². The fourth-order valence-corrected chi connectivity index (χ4v) is 3.38. The van der Waals surface area contributed by atoms with Crippen LogP contribution in [-0.4, -0.2) is 40.2 Å². The van der Waals surface area contributed by atoms with E-state index in [1.807, 2.05) is 24.3 Å². The Bertz CT molecular complexity index is 810. The number of rotatable bonds is 5. The molecule has 6 nitrogen and oxygen atoms in total. The molecule has 26 heavy (non-hydrogen) atoms. The molecule has 0 spiro atoms. The highest BCUT2D eigenvalue weighted by Gasteiger charge is 2.22. The van der Waals surface area contributed by atoms with Crippen LogP contribution in [0.15, 0.2) is 24.3 Å². The minimum Gasteiger partial charge on any atom is -0.504 e. The predicted octanol–water partition coefficient (Wildman–Crippen LogP) is 2.96. The first kappa shape index (κ1) is 18.0. The average Bonchev–Trinajstić information content (AvgIpc) is 2.65. The molecule has 0 saturated carbocycles. The normalized spacial score (nSPS) is 15.1. The van der Waals surface area contributed by atoms with Gasteiger partial charge in [0.1, 0.15) is 11.5 Å². The lowest BCUT2D eigenvalue weighted by atomic mass is 9.92. The molecule has 1 saturated heterocycles. The number of hydrogen-bond acceptors (Lipinski definition) is 6. The monoisotopic (exact) mass is 353 g/mol. The van der Waals surface area contributed by atoms with Gasteiger partial charge in [0.15, 0.2) is 17.8 Å². The van der Waals surface area contributed by atoms with E-state index in [1.54, 1.807) is 13.8 Å². The highest BCUT2D eigenvalue weighted by molar-refractivity contribution is 5.94. The third-order valence-electron chi connectivity index (χ3n) is 4.97. The Hall–Kier alpha value is -2.76. The number of carbonyl (C=O) groups excluding carboxylic acids is 2. The van der Waals surface area contributed by atoms with Crippen LogP contribution in [0.1, 0.15) is 52.1 Å². The van der Waals surface area contributed by atoms with Gasteiger partial charge in [-0.1, -0.05) is 0 Å². The van der Waals surface area contributed by atoms with Crippen molar-refractivity contribution in [2.75, 3.05) is 18.0 Å². The van der Waals surface area contributed by atoms with Crippen LogP contribution in [0, 0.1) is 12.8 Å². The van der Waals surface area contributed by atoms with Crippen LogP contribution in [-0.2, 0) is 6.42 Å². The van der Waals surface area contributed by atoms with Gasteiger partial charge in [-0.3, -0.25) is 9.59 Å². The zero-order valence-corrected chi connectivity index (χ0v) is 15.1. The maximum absolute atomic E-state index is 11.4. The van der Waals surface area contributed by atoms with Crippen molar-refractivity contribution in [1.29, 1.82) is 0 Å². The maximum atomic E-state index is 11.4. The molecule has 6 heteroatoms. The van der Waals surface area contributed by atoms with Crippen molar-refractivity contribution in [1.82, 2.24) is 9.97 Å². The first-order valence-corrected chi connectivity index (χ1v) is 8.85. The largest absolute Gasteiger partial charge is 0.504 e. The highest BCUT2D eigenvalue weighted by Crippen LogP contribution is 2.26. The number of aromatic hydroxyl groups is 1. The smallest absolute Gasteiger partial charge is 0.172 e. The van der Waals surface area contributed by atoms with Crippen molar-refractivity contribution in [3.63, 3.8) is 0 Å². The highest BCUT2D eigenvalue weighted by atomic mass is 16.3. The number of aryl methyl sites for hydroxylation is 1. The summed E-state index contributed by atoms with van der Waals surface area (Å²) in [5.41, 5.74) is 2.37. The molecule has 2 heterocycles. The summed E-state index contributed by atoms with van der Waals surface area (Å²) in [6.45, 7) is 5.12. The van der Waals surface area contributed by atoms with Crippen LogP contribution in [0.4, 0.5) is 5.69 Å². The van der Waals surface area contributed by atoms with Crippen molar-refractivity contribution in [3.8, 4) is 5.75 Å². The Labute approximate surface area is 152 Å². The molecular formula is C20H23N3O3. The Morgan fingerprint density at radius 3 is 2.46 bits per heavy atom. The van der Waals surface area contributed by atoms with Crippen LogP contribution >= 0.6 is 0 Å². The number of Topliss-reactive ketones (excluding diaryl/α,β-unsaturated/α-hetero) is 1. The number of anilines is 1. The van der Waals surface area contributed by atoms with E-state index in [9.17, 15) is 14.7 Å². The Balaban J connectivity index is 1.61. The molecule has 0 unspecified atom stereocenters. The average molecular weight is 353 g/mol. The number of piperidine rings is 1. The molecule has 1 N–H and O–H groups in total. The predicted molar refractivity (Wildman–Crippen MR) is 98.9 cm³/mol. The molecule has 3 rings (SSSR count). The lowest BCUT2D eigenvalue weighted by molar-refractivity contribution is 0.101. The topological polar surface area (TPSA) is 83.4 Å². The van der Waals surface area contributed by atoms with Crippen molar-refractivity contribution < 1.29 is 14.7 Å². The van der Waals surface area contributed by atoms with E-state index in [1.165, 1.54) is 0 Å². The molecule has 0 bridgehead atoms. The fourth-order valence-electron chi connectivity index (χ4n) is 3.38. The summed E-state index contributed by atoms with van der Waals surface area (Å²) in [5.74, 6) is 1.01. The van der Waals surface area contributed by atoms with Gasteiger partial charge in [-0.25, -0.2) is 9.97 Å². The quantitative estimate of drug-likeness (QED) is 0.657. The van der Waals surface area contributed by atoms with E-state index in [0.717, 1.165) is 37.2 Å². The van der Waals surface area contributed by atoms with Gasteiger partial charge in [0, 0.05) is 30.8 Å². The molecule has 1 aromatic heterocycles. The molecule has 1 aliphatic heterocycles. The van der Waals surface area contributed by atoms with Gasteiger partial charge in [0.2, 0.25) is 0 Å². The summed E-state index contributed by atoms with van der Waals surface area (Å²) < 4.78 is 0. The summed E-state index contributed by atoms with van der Waals surface area (Å²) in [6, 6.07) is 7.75. The van der Waals surface area contributed by atoms with E-state index >= 15 is 0 Å². The zero-order valence-electron chi connectivity index (χ0n) is 15.1. The van der Waals surface area contributed by atoms with Crippen LogP contribution in [0.3, 0.4) is 0 Å². The number of aromatic nitrogens is 2. The summed E-state index contributed by atoms with van der Waals surface area (Å²) in [7, 11) is 0. The molecule has 0 amide bonds. The number of ketones is 1. The van der Waals surface area contributed by atoms with E-state index in [-0.39, 0.29) is 17.2 Å². The van der Waals surface area contributed by atoms with Gasteiger partial charge >= 0.3 is 0 Å². The minimum absolute atomic E-state index is 0.0653. The van der Waals surface area contributed by atoms with Crippen LogP contribution < -0.4 is 4.90 Å². The summed E-state index contributed by atoms with van der Waals surface area (Å²) in [5, 5.41) is 9.76. The number of hydrogen-bond donors (Lipinski definition) is 1. The first-order chi connectivity index (χ1) is 12.5. The van der Waals surface area contributed by atoms with Gasteiger partial charge in [0.25, 0.3) is 0 Å². The molecule has 0 aliphatic carbocycles. The molecule has 0 atom stereocenters. The number of aldehydes is 1. The lowest BCUT2D eigenvalue weighted by Gasteiger charge is -2.33. The fraction of sp³-hybridized carbons (Fsp3) is 0.400. The van der Waals surface area contributed by atoms with Crippen molar-refractivity contribution in [2.24, 2.45) is 5.92 Å². The molecule has 1 aliphatic rings.